The van der Waals surface area contributed by atoms with E-state index < -0.39 is 0 Å². The van der Waals surface area contributed by atoms with Crippen molar-refractivity contribution < 1.29 is 4.79 Å². The minimum atomic E-state index is 0.00351. The van der Waals surface area contributed by atoms with Gasteiger partial charge in [0.2, 0.25) is 5.82 Å². The largest absolute Gasteiger partial charge is 0.384 e. The molecule has 1 aliphatic heterocycles. The predicted octanol–water partition coefficient (Wildman–Crippen LogP) is 2.39. The van der Waals surface area contributed by atoms with Crippen molar-refractivity contribution in [3.05, 3.63) is 42.1 Å². The molecule has 4 rings (SSSR count). The van der Waals surface area contributed by atoms with Gasteiger partial charge in [0.1, 0.15) is 11.5 Å². The Morgan fingerprint density at radius 1 is 1.28 bits per heavy atom. The SMILES string of the molecule is CC1CCCCN1C(=O)c1cc(N)n2nc(-c3ccccn3)nc2c1. The van der Waals surface area contributed by atoms with Crippen molar-refractivity contribution >= 4 is 17.4 Å². The highest BCUT2D eigenvalue weighted by molar-refractivity contribution is 5.96. The standard InChI is InChI=1S/C18H20N6O/c1-12-6-3-5-9-23(12)18(25)13-10-15(19)24-16(11-13)21-17(22-24)14-7-2-4-8-20-14/h2,4,7-8,10-12H,3,5-6,9,19H2,1H3. The molecule has 7 heteroatoms. The Labute approximate surface area is 145 Å². The van der Waals surface area contributed by atoms with E-state index in [1.54, 1.807) is 22.8 Å². The summed E-state index contributed by atoms with van der Waals surface area (Å²) in [5, 5.41) is 4.40. The number of anilines is 1. The van der Waals surface area contributed by atoms with E-state index in [0.29, 0.717) is 28.5 Å². The van der Waals surface area contributed by atoms with E-state index in [9.17, 15) is 4.79 Å². The van der Waals surface area contributed by atoms with Gasteiger partial charge >= 0.3 is 0 Å². The molecular formula is C18H20N6O. The van der Waals surface area contributed by atoms with Crippen molar-refractivity contribution in [1.29, 1.82) is 0 Å². The Bertz CT molecular complexity index is 920. The number of hydrogen-bond acceptors (Lipinski definition) is 5. The van der Waals surface area contributed by atoms with E-state index in [1.165, 1.54) is 6.42 Å². The lowest BCUT2D eigenvalue weighted by molar-refractivity contribution is 0.0635. The van der Waals surface area contributed by atoms with Gasteiger partial charge in [0, 0.05) is 24.3 Å². The van der Waals surface area contributed by atoms with E-state index >= 15 is 0 Å². The third-order valence-electron chi connectivity index (χ3n) is 4.67. The molecule has 1 unspecified atom stereocenters. The number of nitrogen functional groups attached to an aromatic ring is 1. The van der Waals surface area contributed by atoms with Crippen LogP contribution in [0.15, 0.2) is 36.5 Å². The number of fused-ring (bicyclic) bond motifs is 1. The third kappa shape index (κ3) is 2.82. The molecule has 0 aromatic carbocycles. The van der Waals surface area contributed by atoms with Crippen LogP contribution >= 0.6 is 0 Å². The molecule has 128 valence electrons. The molecule has 1 saturated heterocycles. The van der Waals surface area contributed by atoms with Gasteiger partial charge in [-0.2, -0.15) is 4.52 Å². The average molecular weight is 336 g/mol. The second-order valence-corrected chi connectivity index (χ2v) is 6.43. The van der Waals surface area contributed by atoms with Gasteiger partial charge < -0.3 is 10.6 Å². The molecule has 0 spiro atoms. The summed E-state index contributed by atoms with van der Waals surface area (Å²) < 4.78 is 1.54. The molecule has 7 nitrogen and oxygen atoms in total. The lowest BCUT2D eigenvalue weighted by Gasteiger charge is -2.33. The van der Waals surface area contributed by atoms with E-state index in [4.69, 9.17) is 5.73 Å². The highest BCUT2D eigenvalue weighted by atomic mass is 16.2. The van der Waals surface area contributed by atoms with Gasteiger partial charge in [0.25, 0.3) is 5.91 Å². The van der Waals surface area contributed by atoms with Gasteiger partial charge in [-0.15, -0.1) is 5.10 Å². The molecule has 4 heterocycles. The summed E-state index contributed by atoms with van der Waals surface area (Å²) in [5.74, 6) is 0.882. The summed E-state index contributed by atoms with van der Waals surface area (Å²) in [6.07, 6.45) is 4.95. The van der Waals surface area contributed by atoms with Gasteiger partial charge in [0.05, 0.1) is 0 Å². The second kappa shape index (κ2) is 6.16. The van der Waals surface area contributed by atoms with Crippen LogP contribution in [0.25, 0.3) is 17.2 Å². The number of amides is 1. The Morgan fingerprint density at radius 2 is 2.16 bits per heavy atom. The molecule has 3 aromatic heterocycles. The molecule has 25 heavy (non-hydrogen) atoms. The summed E-state index contributed by atoms with van der Waals surface area (Å²) in [5.41, 5.74) is 7.89. The molecule has 1 amide bonds. The van der Waals surface area contributed by atoms with Gasteiger partial charge in [-0.05, 0) is 50.5 Å². The first kappa shape index (κ1) is 15.6. The normalized spacial score (nSPS) is 17.8. The number of nitrogens with two attached hydrogens (primary N) is 1. The van der Waals surface area contributed by atoms with Crippen molar-refractivity contribution in [1.82, 2.24) is 24.5 Å². The van der Waals surface area contributed by atoms with Gasteiger partial charge in [0.15, 0.2) is 5.65 Å². The van der Waals surface area contributed by atoms with E-state index in [-0.39, 0.29) is 11.9 Å². The van der Waals surface area contributed by atoms with E-state index in [0.717, 1.165) is 19.4 Å². The van der Waals surface area contributed by atoms with Crippen molar-refractivity contribution in [2.45, 2.75) is 32.2 Å². The fourth-order valence-electron chi connectivity index (χ4n) is 3.30. The van der Waals surface area contributed by atoms with Crippen LogP contribution < -0.4 is 5.73 Å². The van der Waals surface area contributed by atoms with Crippen LogP contribution in [0.3, 0.4) is 0 Å². The zero-order valence-electron chi connectivity index (χ0n) is 14.1. The van der Waals surface area contributed by atoms with Gasteiger partial charge in [-0.3, -0.25) is 9.78 Å². The smallest absolute Gasteiger partial charge is 0.254 e. The minimum absolute atomic E-state index is 0.00351. The highest BCUT2D eigenvalue weighted by Crippen LogP contribution is 2.22. The first-order valence-electron chi connectivity index (χ1n) is 8.52. The Balaban J connectivity index is 1.73. The molecule has 1 aliphatic rings. The molecule has 3 aromatic rings. The fourth-order valence-corrected chi connectivity index (χ4v) is 3.30. The summed E-state index contributed by atoms with van der Waals surface area (Å²) >= 11 is 0. The van der Waals surface area contributed by atoms with Crippen molar-refractivity contribution in [2.75, 3.05) is 12.3 Å². The summed E-state index contributed by atoms with van der Waals surface area (Å²) in [6, 6.07) is 9.23. The molecule has 0 bridgehead atoms. The monoisotopic (exact) mass is 336 g/mol. The van der Waals surface area contributed by atoms with Crippen LogP contribution in [0.2, 0.25) is 0 Å². The maximum absolute atomic E-state index is 12.9. The molecule has 0 saturated carbocycles. The van der Waals surface area contributed by atoms with Crippen molar-refractivity contribution in [3.8, 4) is 11.5 Å². The van der Waals surface area contributed by atoms with Crippen LogP contribution in [0.1, 0.15) is 36.5 Å². The number of aromatic nitrogens is 4. The van der Waals surface area contributed by atoms with E-state index in [2.05, 4.69) is 22.0 Å². The van der Waals surface area contributed by atoms with Crippen LogP contribution in [0.4, 0.5) is 5.82 Å². The fraction of sp³-hybridized carbons (Fsp3) is 0.333. The zero-order chi connectivity index (χ0) is 17.4. The van der Waals surface area contributed by atoms with Crippen molar-refractivity contribution in [3.63, 3.8) is 0 Å². The lowest BCUT2D eigenvalue weighted by atomic mass is 10.0. The third-order valence-corrected chi connectivity index (χ3v) is 4.67. The topological polar surface area (TPSA) is 89.4 Å². The maximum Gasteiger partial charge on any atom is 0.254 e. The van der Waals surface area contributed by atoms with Gasteiger partial charge in [-0.1, -0.05) is 6.07 Å². The molecule has 1 fully saturated rings. The Morgan fingerprint density at radius 3 is 2.92 bits per heavy atom. The predicted molar refractivity (Wildman–Crippen MR) is 95.0 cm³/mol. The van der Waals surface area contributed by atoms with Crippen LogP contribution in [-0.4, -0.2) is 43.0 Å². The quantitative estimate of drug-likeness (QED) is 0.776. The number of rotatable bonds is 2. The molecule has 0 radical (unpaired) electrons. The zero-order valence-corrected chi connectivity index (χ0v) is 14.1. The summed E-state index contributed by atoms with van der Waals surface area (Å²) in [4.78, 5) is 23.6. The van der Waals surface area contributed by atoms with Crippen LogP contribution in [-0.2, 0) is 0 Å². The number of pyridine rings is 2. The average Bonchev–Trinajstić information content (AvgIpc) is 3.07. The number of likely N-dealkylation sites (tertiary alicyclic amines) is 1. The molecular weight excluding hydrogens is 316 g/mol. The molecule has 2 N–H and O–H groups in total. The number of hydrogen-bond donors (Lipinski definition) is 1. The minimum Gasteiger partial charge on any atom is -0.384 e. The first-order valence-corrected chi connectivity index (χ1v) is 8.52. The first-order chi connectivity index (χ1) is 12.1. The second-order valence-electron chi connectivity index (χ2n) is 6.43. The number of carbonyl (C=O) groups is 1. The number of piperidine rings is 1. The number of nitrogens with zero attached hydrogens (tertiary/aromatic N) is 5. The highest BCUT2D eigenvalue weighted by Gasteiger charge is 2.25. The Kier molecular flexibility index (Phi) is 3.83. The molecule has 1 atom stereocenters. The van der Waals surface area contributed by atoms with Gasteiger partial charge in [-0.25, -0.2) is 4.98 Å². The van der Waals surface area contributed by atoms with Crippen LogP contribution in [0.5, 0.6) is 0 Å². The van der Waals surface area contributed by atoms with Crippen molar-refractivity contribution in [2.24, 2.45) is 0 Å². The maximum atomic E-state index is 12.9. The number of carbonyl (C=O) groups excluding carboxylic acids is 1. The summed E-state index contributed by atoms with van der Waals surface area (Å²) in [6.45, 7) is 2.88. The molecule has 0 aliphatic carbocycles. The van der Waals surface area contributed by atoms with Crippen LogP contribution in [0, 0.1) is 0 Å². The Hall–Kier alpha value is -2.96. The summed E-state index contributed by atoms with van der Waals surface area (Å²) in [7, 11) is 0. The van der Waals surface area contributed by atoms with E-state index in [1.807, 2.05) is 23.1 Å². The lowest BCUT2D eigenvalue weighted by Crippen LogP contribution is -2.42.